The molecule has 3 heterocycles. The molecule has 0 aliphatic heterocycles. The van der Waals surface area contributed by atoms with Crippen LogP contribution in [0, 0.1) is 0 Å². The maximum absolute atomic E-state index is 12.2. The number of rotatable bonds is 4. The van der Waals surface area contributed by atoms with E-state index in [0.717, 1.165) is 16.6 Å². The van der Waals surface area contributed by atoms with Gasteiger partial charge in [0.2, 0.25) is 0 Å². The van der Waals surface area contributed by atoms with Gasteiger partial charge < -0.3 is 10.6 Å². The third kappa shape index (κ3) is 3.34. The Kier molecular flexibility index (Phi) is 4.21. The Morgan fingerprint density at radius 2 is 1.96 bits per heavy atom. The van der Waals surface area contributed by atoms with Gasteiger partial charge in [0.05, 0.1) is 35.8 Å². The Labute approximate surface area is 148 Å². The van der Waals surface area contributed by atoms with Crippen molar-refractivity contribution in [3.8, 4) is 5.69 Å². The van der Waals surface area contributed by atoms with E-state index in [1.54, 1.807) is 29.5 Å². The second-order valence-electron chi connectivity index (χ2n) is 5.55. The lowest BCUT2D eigenvalue weighted by Crippen LogP contribution is -2.28. The topological polar surface area (TPSA) is 97.6 Å². The van der Waals surface area contributed by atoms with Crippen molar-refractivity contribution in [2.75, 3.05) is 5.32 Å². The average molecular weight is 345 g/mol. The lowest BCUT2D eigenvalue weighted by atomic mass is 10.2. The van der Waals surface area contributed by atoms with Crippen molar-refractivity contribution in [3.05, 3.63) is 72.9 Å². The number of fused-ring (bicyclic) bond motifs is 1. The summed E-state index contributed by atoms with van der Waals surface area (Å²) in [5.41, 5.74) is 2.84. The Morgan fingerprint density at radius 1 is 1.08 bits per heavy atom. The van der Waals surface area contributed by atoms with Crippen LogP contribution in [0.2, 0.25) is 0 Å². The molecule has 1 aromatic carbocycles. The minimum absolute atomic E-state index is 0.254. The number of para-hydroxylation sites is 1. The normalized spacial score (nSPS) is 10.6. The van der Waals surface area contributed by atoms with Gasteiger partial charge in [-0.05, 0) is 24.3 Å². The molecule has 4 aromatic rings. The van der Waals surface area contributed by atoms with E-state index in [2.05, 4.69) is 30.9 Å². The van der Waals surface area contributed by atoms with Crippen LogP contribution in [0.4, 0.5) is 10.5 Å². The molecule has 0 spiro atoms. The summed E-state index contributed by atoms with van der Waals surface area (Å²) in [6, 6.07) is 12.8. The van der Waals surface area contributed by atoms with Gasteiger partial charge in [0.1, 0.15) is 5.69 Å². The number of carbonyl (C=O) groups is 1. The van der Waals surface area contributed by atoms with Gasteiger partial charge in [0, 0.05) is 17.8 Å². The fraction of sp³-hybridized carbons (Fsp3) is 0.0556. The van der Waals surface area contributed by atoms with Crippen LogP contribution >= 0.6 is 0 Å². The molecular formula is C18H15N7O. The monoisotopic (exact) mass is 345 g/mol. The van der Waals surface area contributed by atoms with Gasteiger partial charge in [0.25, 0.3) is 0 Å². The van der Waals surface area contributed by atoms with Gasteiger partial charge in [-0.15, -0.1) is 5.10 Å². The van der Waals surface area contributed by atoms with Gasteiger partial charge in [-0.3, -0.25) is 9.97 Å². The SMILES string of the molecule is O=C(NCc1cn(-c2cccnc2)nn1)Nc1cccc2cccnc12. The van der Waals surface area contributed by atoms with E-state index >= 15 is 0 Å². The van der Waals surface area contributed by atoms with Gasteiger partial charge in [0.15, 0.2) is 0 Å². The highest BCUT2D eigenvalue weighted by molar-refractivity contribution is 5.99. The first-order chi connectivity index (χ1) is 12.8. The number of aromatic nitrogens is 5. The number of carbonyl (C=O) groups excluding carboxylic acids is 1. The molecule has 2 amide bonds. The molecule has 0 unspecified atom stereocenters. The van der Waals surface area contributed by atoms with Crippen LogP contribution in [0.5, 0.6) is 0 Å². The molecule has 0 aliphatic rings. The Hall–Kier alpha value is -3.81. The molecule has 26 heavy (non-hydrogen) atoms. The summed E-state index contributed by atoms with van der Waals surface area (Å²) in [6.07, 6.45) is 6.82. The van der Waals surface area contributed by atoms with Crippen molar-refractivity contribution in [2.24, 2.45) is 0 Å². The van der Waals surface area contributed by atoms with E-state index in [4.69, 9.17) is 0 Å². The third-order valence-corrected chi connectivity index (χ3v) is 3.76. The van der Waals surface area contributed by atoms with Gasteiger partial charge >= 0.3 is 6.03 Å². The molecule has 8 heteroatoms. The van der Waals surface area contributed by atoms with Crippen LogP contribution in [0.3, 0.4) is 0 Å². The van der Waals surface area contributed by atoms with E-state index < -0.39 is 0 Å². The van der Waals surface area contributed by atoms with Crippen molar-refractivity contribution >= 4 is 22.6 Å². The standard InChI is InChI=1S/C18H15N7O/c26-18(22-16-7-1-4-13-5-2-9-20-17(13)16)21-10-14-12-25(24-23-14)15-6-3-8-19-11-15/h1-9,11-12H,10H2,(H2,21,22,26). The predicted molar refractivity (Wildman–Crippen MR) is 96.8 cm³/mol. The molecule has 0 atom stereocenters. The van der Waals surface area contributed by atoms with E-state index in [1.807, 2.05) is 42.5 Å². The second-order valence-corrected chi connectivity index (χ2v) is 5.55. The molecule has 0 bridgehead atoms. The summed E-state index contributed by atoms with van der Waals surface area (Å²) in [5, 5.41) is 14.6. The first kappa shape index (κ1) is 15.7. The Balaban J connectivity index is 1.41. The summed E-state index contributed by atoms with van der Waals surface area (Å²) in [5.74, 6) is 0. The van der Waals surface area contributed by atoms with Gasteiger partial charge in [-0.2, -0.15) is 0 Å². The van der Waals surface area contributed by atoms with Crippen molar-refractivity contribution in [2.45, 2.75) is 6.54 Å². The van der Waals surface area contributed by atoms with Crippen LogP contribution in [-0.4, -0.2) is 31.0 Å². The van der Waals surface area contributed by atoms with Crippen molar-refractivity contribution in [1.82, 2.24) is 30.3 Å². The fourth-order valence-corrected chi connectivity index (χ4v) is 2.54. The number of hydrogen-bond donors (Lipinski definition) is 2. The zero-order valence-corrected chi connectivity index (χ0v) is 13.7. The molecule has 4 rings (SSSR count). The van der Waals surface area contributed by atoms with Gasteiger partial charge in [-0.25, -0.2) is 9.48 Å². The first-order valence-corrected chi connectivity index (χ1v) is 8.00. The van der Waals surface area contributed by atoms with Gasteiger partial charge in [-0.1, -0.05) is 23.4 Å². The number of anilines is 1. The highest BCUT2D eigenvalue weighted by Gasteiger charge is 2.08. The van der Waals surface area contributed by atoms with E-state index in [1.165, 1.54) is 0 Å². The number of hydrogen-bond acceptors (Lipinski definition) is 5. The number of amides is 2. The number of urea groups is 1. The van der Waals surface area contributed by atoms with Crippen LogP contribution in [0.15, 0.2) is 67.3 Å². The molecule has 8 nitrogen and oxygen atoms in total. The lowest BCUT2D eigenvalue weighted by molar-refractivity contribution is 0.251. The zero-order valence-electron chi connectivity index (χ0n) is 13.7. The minimum atomic E-state index is -0.334. The second kappa shape index (κ2) is 6.98. The summed E-state index contributed by atoms with van der Waals surface area (Å²) in [4.78, 5) is 20.5. The molecule has 0 aliphatic carbocycles. The molecule has 0 fully saturated rings. The summed E-state index contributed by atoms with van der Waals surface area (Å²) in [6.45, 7) is 0.254. The molecule has 3 aromatic heterocycles. The quantitative estimate of drug-likeness (QED) is 0.592. The predicted octanol–water partition coefficient (Wildman–Crippen LogP) is 2.53. The largest absolute Gasteiger partial charge is 0.332 e. The van der Waals surface area contributed by atoms with Crippen LogP contribution < -0.4 is 10.6 Å². The zero-order chi connectivity index (χ0) is 17.8. The number of nitrogens with zero attached hydrogens (tertiary/aromatic N) is 5. The molecule has 0 radical (unpaired) electrons. The Morgan fingerprint density at radius 3 is 2.85 bits per heavy atom. The Bertz CT molecular complexity index is 1040. The number of pyridine rings is 2. The van der Waals surface area contributed by atoms with Crippen LogP contribution in [0.1, 0.15) is 5.69 Å². The summed E-state index contributed by atoms with van der Waals surface area (Å²) >= 11 is 0. The number of benzene rings is 1. The summed E-state index contributed by atoms with van der Waals surface area (Å²) < 4.78 is 1.61. The fourth-order valence-electron chi connectivity index (χ4n) is 2.54. The maximum Gasteiger partial charge on any atom is 0.319 e. The van der Waals surface area contributed by atoms with E-state index in [-0.39, 0.29) is 12.6 Å². The maximum atomic E-state index is 12.2. The smallest absolute Gasteiger partial charge is 0.319 e. The highest BCUT2D eigenvalue weighted by Crippen LogP contribution is 2.20. The van der Waals surface area contributed by atoms with E-state index in [9.17, 15) is 4.79 Å². The summed E-state index contributed by atoms with van der Waals surface area (Å²) in [7, 11) is 0. The van der Waals surface area contributed by atoms with E-state index in [0.29, 0.717) is 11.4 Å². The number of nitrogens with one attached hydrogen (secondary N) is 2. The molecule has 0 saturated carbocycles. The molecule has 0 saturated heterocycles. The van der Waals surface area contributed by atoms with Crippen LogP contribution in [0.25, 0.3) is 16.6 Å². The highest BCUT2D eigenvalue weighted by atomic mass is 16.2. The lowest BCUT2D eigenvalue weighted by Gasteiger charge is -2.08. The van der Waals surface area contributed by atoms with Crippen LogP contribution in [-0.2, 0) is 6.54 Å². The minimum Gasteiger partial charge on any atom is -0.332 e. The molecule has 2 N–H and O–H groups in total. The first-order valence-electron chi connectivity index (χ1n) is 8.00. The molecule has 128 valence electrons. The van der Waals surface area contributed by atoms with Crippen molar-refractivity contribution in [1.29, 1.82) is 0 Å². The molecular weight excluding hydrogens is 330 g/mol. The van der Waals surface area contributed by atoms with Crippen molar-refractivity contribution in [3.63, 3.8) is 0 Å². The third-order valence-electron chi connectivity index (χ3n) is 3.76. The average Bonchev–Trinajstić information content (AvgIpc) is 3.17. The van der Waals surface area contributed by atoms with Crippen molar-refractivity contribution < 1.29 is 4.79 Å².